The number of para-hydroxylation sites is 1. The summed E-state index contributed by atoms with van der Waals surface area (Å²) in [6.07, 6.45) is 4.17. The summed E-state index contributed by atoms with van der Waals surface area (Å²) in [6.45, 7) is 0.912. The standard InChI is InChI=1S/C19H16N2O/c22-19-16-10-4-5-11-17(16)21-12-6-9-15(18(21)20-19)13-14-7-2-1-3-8-14/h1-5,7-8,10-11,13H,6,9,12H2/b15-13+. The van der Waals surface area contributed by atoms with E-state index in [9.17, 15) is 4.79 Å². The maximum absolute atomic E-state index is 12.3. The summed E-state index contributed by atoms with van der Waals surface area (Å²) in [5.41, 5.74) is 3.13. The van der Waals surface area contributed by atoms with E-state index < -0.39 is 0 Å². The highest BCUT2D eigenvalue weighted by molar-refractivity contribution is 5.84. The number of hydrogen-bond acceptors (Lipinski definition) is 2. The third-order valence-corrected chi connectivity index (χ3v) is 4.14. The second-order valence-corrected chi connectivity index (χ2v) is 5.59. The fourth-order valence-electron chi connectivity index (χ4n) is 3.12. The topological polar surface area (TPSA) is 34.9 Å². The Hall–Kier alpha value is -2.68. The van der Waals surface area contributed by atoms with E-state index in [1.807, 2.05) is 42.5 Å². The van der Waals surface area contributed by atoms with Gasteiger partial charge in [-0.05, 0) is 42.2 Å². The van der Waals surface area contributed by atoms with Gasteiger partial charge in [-0.25, -0.2) is 0 Å². The quantitative estimate of drug-likeness (QED) is 0.684. The van der Waals surface area contributed by atoms with E-state index in [1.165, 1.54) is 0 Å². The number of allylic oxidation sites excluding steroid dienone is 1. The molecule has 0 amide bonds. The lowest BCUT2D eigenvalue weighted by molar-refractivity contribution is 0.616. The van der Waals surface area contributed by atoms with Crippen LogP contribution in [0.5, 0.6) is 0 Å². The Labute approximate surface area is 128 Å². The molecule has 2 aromatic carbocycles. The zero-order valence-corrected chi connectivity index (χ0v) is 12.2. The summed E-state index contributed by atoms with van der Waals surface area (Å²) in [4.78, 5) is 16.7. The first kappa shape index (κ1) is 13.0. The first-order valence-corrected chi connectivity index (χ1v) is 7.58. The van der Waals surface area contributed by atoms with Crippen molar-refractivity contribution in [3.63, 3.8) is 0 Å². The highest BCUT2D eigenvalue weighted by Gasteiger charge is 2.18. The number of rotatable bonds is 1. The highest BCUT2D eigenvalue weighted by atomic mass is 16.1. The van der Waals surface area contributed by atoms with E-state index in [0.717, 1.165) is 41.9 Å². The number of hydrogen-bond donors (Lipinski definition) is 0. The second-order valence-electron chi connectivity index (χ2n) is 5.59. The van der Waals surface area contributed by atoms with Crippen LogP contribution in [-0.4, -0.2) is 9.55 Å². The molecule has 22 heavy (non-hydrogen) atoms. The molecular formula is C19H16N2O. The maximum Gasteiger partial charge on any atom is 0.281 e. The van der Waals surface area contributed by atoms with Crippen LogP contribution in [0.25, 0.3) is 22.6 Å². The molecule has 0 radical (unpaired) electrons. The minimum Gasteiger partial charge on any atom is -0.325 e. The predicted molar refractivity (Wildman–Crippen MR) is 89.6 cm³/mol. The molecule has 108 valence electrons. The summed E-state index contributed by atoms with van der Waals surface area (Å²) in [7, 11) is 0. The molecule has 0 aliphatic carbocycles. The molecule has 0 spiro atoms. The van der Waals surface area contributed by atoms with Crippen molar-refractivity contribution < 1.29 is 0 Å². The van der Waals surface area contributed by atoms with E-state index in [0.29, 0.717) is 5.39 Å². The van der Waals surface area contributed by atoms with Crippen molar-refractivity contribution >= 4 is 22.6 Å². The van der Waals surface area contributed by atoms with Gasteiger partial charge >= 0.3 is 0 Å². The van der Waals surface area contributed by atoms with Gasteiger partial charge in [0.1, 0.15) is 5.82 Å². The molecule has 3 heteroatoms. The van der Waals surface area contributed by atoms with E-state index in [4.69, 9.17) is 0 Å². The van der Waals surface area contributed by atoms with Crippen LogP contribution in [0.2, 0.25) is 0 Å². The first-order chi connectivity index (χ1) is 10.8. The molecule has 2 heterocycles. The average Bonchev–Trinajstić information content (AvgIpc) is 2.57. The Morgan fingerprint density at radius 2 is 1.77 bits per heavy atom. The summed E-state index contributed by atoms with van der Waals surface area (Å²) in [5, 5.41) is 0.701. The van der Waals surface area contributed by atoms with Gasteiger partial charge in [0.25, 0.3) is 5.56 Å². The summed E-state index contributed by atoms with van der Waals surface area (Å²) in [5.74, 6) is 0.818. The normalized spacial score (nSPS) is 15.9. The lowest BCUT2D eigenvalue weighted by Gasteiger charge is -2.22. The molecule has 3 aromatic rings. The molecule has 0 N–H and O–H groups in total. The van der Waals surface area contributed by atoms with Gasteiger partial charge in [0.15, 0.2) is 0 Å². The number of benzene rings is 2. The lowest BCUT2D eigenvalue weighted by Crippen LogP contribution is -2.21. The minimum absolute atomic E-state index is 0.136. The lowest BCUT2D eigenvalue weighted by atomic mass is 10.0. The Kier molecular flexibility index (Phi) is 3.11. The number of fused-ring (bicyclic) bond motifs is 3. The zero-order valence-electron chi connectivity index (χ0n) is 12.2. The van der Waals surface area contributed by atoms with Crippen LogP contribution < -0.4 is 5.56 Å². The van der Waals surface area contributed by atoms with Crippen LogP contribution in [0.3, 0.4) is 0 Å². The number of aryl methyl sites for hydroxylation is 1. The third-order valence-electron chi connectivity index (χ3n) is 4.14. The smallest absolute Gasteiger partial charge is 0.281 e. The molecule has 0 bridgehead atoms. The molecule has 1 aliphatic heterocycles. The summed E-state index contributed by atoms with van der Waals surface area (Å²) >= 11 is 0. The molecule has 0 fully saturated rings. The van der Waals surface area contributed by atoms with Crippen molar-refractivity contribution in [2.45, 2.75) is 19.4 Å². The van der Waals surface area contributed by atoms with Gasteiger partial charge in [-0.2, -0.15) is 4.98 Å². The van der Waals surface area contributed by atoms with E-state index in [-0.39, 0.29) is 5.56 Å². The summed E-state index contributed by atoms with van der Waals surface area (Å²) < 4.78 is 2.18. The second kappa shape index (κ2) is 5.26. The fraction of sp³-hybridized carbons (Fsp3) is 0.158. The monoisotopic (exact) mass is 288 g/mol. The molecule has 1 aromatic heterocycles. The maximum atomic E-state index is 12.3. The van der Waals surface area contributed by atoms with Crippen molar-refractivity contribution in [3.05, 3.63) is 76.3 Å². The van der Waals surface area contributed by atoms with E-state index in [1.54, 1.807) is 0 Å². The Balaban J connectivity index is 1.96. The van der Waals surface area contributed by atoms with Crippen molar-refractivity contribution in [1.82, 2.24) is 9.55 Å². The first-order valence-electron chi connectivity index (χ1n) is 7.58. The molecule has 0 saturated carbocycles. The number of aromatic nitrogens is 2. The molecule has 3 nitrogen and oxygen atoms in total. The van der Waals surface area contributed by atoms with Crippen LogP contribution in [-0.2, 0) is 6.54 Å². The fourth-order valence-corrected chi connectivity index (χ4v) is 3.12. The van der Waals surface area contributed by atoms with Gasteiger partial charge in [-0.15, -0.1) is 0 Å². The molecule has 4 rings (SSSR count). The third kappa shape index (κ3) is 2.15. The largest absolute Gasteiger partial charge is 0.325 e. The molecule has 0 atom stereocenters. The Bertz CT molecular complexity index is 923. The Morgan fingerprint density at radius 3 is 2.64 bits per heavy atom. The number of nitrogens with zero attached hydrogens (tertiary/aromatic N) is 2. The molecule has 0 unspecified atom stereocenters. The van der Waals surface area contributed by atoms with Crippen molar-refractivity contribution in [2.24, 2.45) is 0 Å². The van der Waals surface area contributed by atoms with E-state index >= 15 is 0 Å². The van der Waals surface area contributed by atoms with Gasteiger partial charge < -0.3 is 4.57 Å². The molecule has 0 saturated heterocycles. The minimum atomic E-state index is -0.136. The zero-order chi connectivity index (χ0) is 14.9. The van der Waals surface area contributed by atoms with Crippen molar-refractivity contribution in [1.29, 1.82) is 0 Å². The molecule has 1 aliphatic rings. The van der Waals surface area contributed by atoms with Gasteiger partial charge in [0, 0.05) is 6.54 Å². The van der Waals surface area contributed by atoms with Gasteiger partial charge in [0.2, 0.25) is 0 Å². The SMILES string of the molecule is O=c1nc2n(c3ccccc13)CCC/C2=C\c1ccccc1. The van der Waals surface area contributed by atoms with Crippen LogP contribution in [0.15, 0.2) is 59.4 Å². The van der Waals surface area contributed by atoms with Crippen LogP contribution in [0.1, 0.15) is 24.2 Å². The van der Waals surface area contributed by atoms with Crippen LogP contribution in [0.4, 0.5) is 0 Å². The van der Waals surface area contributed by atoms with E-state index in [2.05, 4.69) is 27.8 Å². The summed E-state index contributed by atoms with van der Waals surface area (Å²) in [6, 6.07) is 17.9. The highest BCUT2D eigenvalue weighted by Crippen LogP contribution is 2.28. The van der Waals surface area contributed by atoms with Crippen LogP contribution >= 0.6 is 0 Å². The van der Waals surface area contributed by atoms with Gasteiger partial charge in [-0.3, -0.25) is 4.79 Å². The van der Waals surface area contributed by atoms with Gasteiger partial charge in [0.05, 0.1) is 10.9 Å². The van der Waals surface area contributed by atoms with Crippen LogP contribution in [0, 0.1) is 0 Å². The predicted octanol–water partition coefficient (Wildman–Crippen LogP) is 3.73. The Morgan fingerprint density at radius 1 is 1.00 bits per heavy atom. The van der Waals surface area contributed by atoms with Crippen molar-refractivity contribution in [2.75, 3.05) is 0 Å². The molecular weight excluding hydrogens is 272 g/mol. The van der Waals surface area contributed by atoms with Gasteiger partial charge in [-0.1, -0.05) is 42.5 Å². The average molecular weight is 288 g/mol. The van der Waals surface area contributed by atoms with Crippen molar-refractivity contribution in [3.8, 4) is 0 Å².